The Morgan fingerprint density at radius 1 is 1.35 bits per heavy atom. The summed E-state index contributed by atoms with van der Waals surface area (Å²) in [4.78, 5) is 18.0. The van der Waals surface area contributed by atoms with Gasteiger partial charge in [0.2, 0.25) is 10.0 Å². The van der Waals surface area contributed by atoms with E-state index < -0.39 is 10.0 Å². The molecule has 1 aliphatic heterocycles. The van der Waals surface area contributed by atoms with Crippen molar-refractivity contribution < 1.29 is 17.9 Å². The second kappa shape index (κ2) is 7.63. The van der Waals surface area contributed by atoms with Crippen LogP contribution in [-0.4, -0.2) is 38.2 Å². The molecule has 0 unspecified atom stereocenters. The Bertz CT molecular complexity index is 908. The molecule has 0 saturated carbocycles. The summed E-state index contributed by atoms with van der Waals surface area (Å²) >= 11 is 1.24. The van der Waals surface area contributed by atoms with Crippen LogP contribution in [0.4, 0.5) is 10.8 Å². The number of carbonyl (C=O) groups excluding carboxylic acids is 1. The summed E-state index contributed by atoms with van der Waals surface area (Å²) in [5.41, 5.74) is 2.16. The highest BCUT2D eigenvalue weighted by Crippen LogP contribution is 2.36. The lowest BCUT2D eigenvalue weighted by Gasteiger charge is -2.28. The lowest BCUT2D eigenvalue weighted by molar-refractivity contribution is -0.121. The Morgan fingerprint density at radius 3 is 2.88 bits per heavy atom. The molecule has 7 nitrogen and oxygen atoms in total. The molecule has 26 heavy (non-hydrogen) atoms. The monoisotopic (exact) mass is 395 g/mol. The molecule has 2 aromatic rings. The van der Waals surface area contributed by atoms with Gasteiger partial charge < -0.3 is 9.64 Å². The SMILES string of the molecule is CCCCS(=O)(=O)Nc1nc(-c2ccc3c(c2)N(CC)C(=O)CO3)cs1. The molecule has 0 aliphatic carbocycles. The van der Waals surface area contributed by atoms with Gasteiger partial charge in [0, 0.05) is 17.5 Å². The molecule has 0 bridgehead atoms. The maximum atomic E-state index is 12.0. The zero-order chi connectivity index (χ0) is 18.7. The van der Waals surface area contributed by atoms with Crippen molar-refractivity contribution in [2.75, 3.05) is 28.5 Å². The van der Waals surface area contributed by atoms with Crippen molar-refractivity contribution in [3.8, 4) is 17.0 Å². The van der Waals surface area contributed by atoms with E-state index in [0.717, 1.165) is 12.0 Å². The molecule has 0 spiro atoms. The van der Waals surface area contributed by atoms with E-state index in [1.54, 1.807) is 10.3 Å². The second-order valence-electron chi connectivity index (χ2n) is 5.92. The molecule has 0 saturated heterocycles. The summed E-state index contributed by atoms with van der Waals surface area (Å²) in [6.45, 7) is 4.45. The molecule has 0 radical (unpaired) electrons. The first kappa shape index (κ1) is 18.7. The smallest absolute Gasteiger partial charge is 0.265 e. The van der Waals surface area contributed by atoms with Crippen LogP contribution >= 0.6 is 11.3 Å². The number of unbranched alkanes of at least 4 members (excludes halogenated alkanes) is 1. The molecule has 140 valence electrons. The highest BCUT2D eigenvalue weighted by atomic mass is 32.2. The zero-order valence-corrected chi connectivity index (χ0v) is 16.3. The first-order valence-corrected chi connectivity index (χ1v) is 11.0. The number of nitrogens with one attached hydrogen (secondary N) is 1. The Labute approximate surface area is 157 Å². The molecule has 3 rings (SSSR count). The first-order valence-electron chi connectivity index (χ1n) is 8.47. The van der Waals surface area contributed by atoms with E-state index in [-0.39, 0.29) is 18.3 Å². The van der Waals surface area contributed by atoms with Crippen LogP contribution in [-0.2, 0) is 14.8 Å². The number of likely N-dealkylation sites (N-methyl/N-ethyl adjacent to an activating group) is 1. The van der Waals surface area contributed by atoms with Gasteiger partial charge in [-0.15, -0.1) is 11.3 Å². The maximum absolute atomic E-state index is 12.0. The number of aromatic nitrogens is 1. The fourth-order valence-electron chi connectivity index (χ4n) is 2.68. The number of amides is 1. The second-order valence-corrected chi connectivity index (χ2v) is 8.62. The number of hydrogen-bond acceptors (Lipinski definition) is 6. The quantitative estimate of drug-likeness (QED) is 0.778. The van der Waals surface area contributed by atoms with Gasteiger partial charge >= 0.3 is 0 Å². The number of anilines is 2. The van der Waals surface area contributed by atoms with Crippen LogP contribution in [0.5, 0.6) is 5.75 Å². The van der Waals surface area contributed by atoms with Gasteiger partial charge in [0.25, 0.3) is 5.91 Å². The average molecular weight is 396 g/mol. The largest absolute Gasteiger partial charge is 0.482 e. The van der Waals surface area contributed by atoms with Crippen molar-refractivity contribution >= 4 is 38.1 Å². The maximum Gasteiger partial charge on any atom is 0.265 e. The lowest BCUT2D eigenvalue weighted by Crippen LogP contribution is -2.38. The van der Waals surface area contributed by atoms with Gasteiger partial charge in [0.05, 0.1) is 17.1 Å². The van der Waals surface area contributed by atoms with Crippen molar-refractivity contribution in [3.63, 3.8) is 0 Å². The summed E-state index contributed by atoms with van der Waals surface area (Å²) in [6, 6.07) is 5.51. The van der Waals surface area contributed by atoms with Gasteiger partial charge in [-0.1, -0.05) is 13.3 Å². The van der Waals surface area contributed by atoms with Crippen LogP contribution < -0.4 is 14.4 Å². The molecule has 1 aromatic carbocycles. The number of carbonyl (C=O) groups is 1. The molecule has 1 aliphatic rings. The third-order valence-corrected chi connectivity index (χ3v) is 6.24. The van der Waals surface area contributed by atoms with E-state index in [1.165, 1.54) is 11.3 Å². The summed E-state index contributed by atoms with van der Waals surface area (Å²) < 4.78 is 32.0. The third-order valence-electron chi connectivity index (χ3n) is 4.03. The van der Waals surface area contributed by atoms with Crippen molar-refractivity contribution in [2.24, 2.45) is 0 Å². The number of nitrogens with zero attached hydrogens (tertiary/aromatic N) is 2. The van der Waals surface area contributed by atoms with Crippen LogP contribution in [0.1, 0.15) is 26.7 Å². The van der Waals surface area contributed by atoms with Crippen molar-refractivity contribution in [2.45, 2.75) is 26.7 Å². The standard InChI is InChI=1S/C17H21N3O4S2/c1-3-5-8-26(22,23)19-17-18-13(11-25-17)12-6-7-15-14(9-12)20(4-2)16(21)10-24-15/h6-7,9,11H,3-5,8,10H2,1-2H3,(H,18,19). The minimum Gasteiger partial charge on any atom is -0.482 e. The van der Waals surface area contributed by atoms with Crippen molar-refractivity contribution in [1.82, 2.24) is 4.98 Å². The van der Waals surface area contributed by atoms with Gasteiger partial charge in [-0.2, -0.15) is 0 Å². The number of thiazole rings is 1. The normalized spacial score (nSPS) is 14.1. The average Bonchev–Trinajstić information content (AvgIpc) is 3.07. The molecule has 0 atom stereocenters. The van der Waals surface area contributed by atoms with Gasteiger partial charge in [-0.05, 0) is 31.5 Å². The first-order chi connectivity index (χ1) is 12.4. The number of rotatable bonds is 7. The number of ether oxygens (including phenoxy) is 1. The van der Waals surface area contributed by atoms with Crippen molar-refractivity contribution in [1.29, 1.82) is 0 Å². The number of benzene rings is 1. The van der Waals surface area contributed by atoms with E-state index in [0.29, 0.717) is 35.2 Å². The molecule has 1 N–H and O–H groups in total. The highest BCUT2D eigenvalue weighted by molar-refractivity contribution is 7.92. The van der Waals surface area contributed by atoms with Gasteiger partial charge in [-0.25, -0.2) is 13.4 Å². The highest BCUT2D eigenvalue weighted by Gasteiger charge is 2.25. The molecular formula is C17H21N3O4S2. The molecule has 0 fully saturated rings. The zero-order valence-electron chi connectivity index (χ0n) is 14.7. The fourth-order valence-corrected chi connectivity index (χ4v) is 4.90. The van der Waals surface area contributed by atoms with Crippen LogP contribution in [0, 0.1) is 0 Å². The predicted molar refractivity (Wildman–Crippen MR) is 103 cm³/mol. The van der Waals surface area contributed by atoms with Crippen LogP contribution in [0.3, 0.4) is 0 Å². The molecule has 2 heterocycles. The van der Waals surface area contributed by atoms with Gasteiger partial charge in [-0.3, -0.25) is 9.52 Å². The van der Waals surface area contributed by atoms with E-state index in [9.17, 15) is 13.2 Å². The number of fused-ring (bicyclic) bond motifs is 1. The van der Waals surface area contributed by atoms with E-state index >= 15 is 0 Å². The van der Waals surface area contributed by atoms with E-state index in [4.69, 9.17) is 4.74 Å². The summed E-state index contributed by atoms with van der Waals surface area (Å²) in [5, 5.41) is 2.13. The minimum atomic E-state index is -3.37. The number of hydrogen-bond donors (Lipinski definition) is 1. The fraction of sp³-hybridized carbons (Fsp3) is 0.412. The molecule has 1 amide bonds. The summed E-state index contributed by atoms with van der Waals surface area (Å²) in [5.74, 6) is 0.660. The Kier molecular flexibility index (Phi) is 5.47. The third kappa shape index (κ3) is 3.99. The van der Waals surface area contributed by atoms with Crippen molar-refractivity contribution in [3.05, 3.63) is 23.6 Å². The minimum absolute atomic E-state index is 0.0422. The Balaban J connectivity index is 1.84. The number of sulfonamides is 1. The van der Waals surface area contributed by atoms with E-state index in [1.807, 2.05) is 32.0 Å². The summed E-state index contributed by atoms with van der Waals surface area (Å²) in [7, 11) is -3.37. The topological polar surface area (TPSA) is 88.6 Å². The van der Waals surface area contributed by atoms with Crippen LogP contribution in [0.15, 0.2) is 23.6 Å². The molecule has 1 aromatic heterocycles. The van der Waals surface area contributed by atoms with Crippen LogP contribution in [0.2, 0.25) is 0 Å². The predicted octanol–water partition coefficient (Wildman–Crippen LogP) is 3.10. The Hall–Kier alpha value is -2.13. The lowest BCUT2D eigenvalue weighted by atomic mass is 10.1. The van der Waals surface area contributed by atoms with Gasteiger partial charge in [0.15, 0.2) is 11.7 Å². The van der Waals surface area contributed by atoms with Crippen LogP contribution in [0.25, 0.3) is 11.3 Å². The molecular weight excluding hydrogens is 374 g/mol. The summed E-state index contributed by atoms with van der Waals surface area (Å²) in [6.07, 6.45) is 1.42. The van der Waals surface area contributed by atoms with Gasteiger partial charge in [0.1, 0.15) is 5.75 Å². The molecule has 9 heteroatoms. The van der Waals surface area contributed by atoms with E-state index in [2.05, 4.69) is 9.71 Å². The Morgan fingerprint density at radius 2 is 2.15 bits per heavy atom.